The van der Waals surface area contributed by atoms with Gasteiger partial charge in [-0.05, 0) is 23.2 Å². The van der Waals surface area contributed by atoms with Crippen molar-refractivity contribution >= 4 is 18.0 Å². The molecule has 0 unspecified atom stereocenters. The average molecular weight is 316 g/mol. The first-order valence-electron chi connectivity index (χ1n) is 7.26. The molecule has 0 radical (unpaired) electrons. The Bertz CT molecular complexity index is 429. The molecule has 1 rings (SSSR count). The lowest BCUT2D eigenvalue weighted by Gasteiger charge is -2.14. The van der Waals surface area contributed by atoms with E-state index in [4.69, 9.17) is 15.9 Å². The van der Waals surface area contributed by atoms with Gasteiger partial charge in [0.15, 0.2) is 0 Å². The largest absolute Gasteiger partial charge is 0.481 e. The molecule has 1 atom stereocenters. The zero-order chi connectivity index (χ0) is 17.9. The molecule has 7 heteroatoms. The first-order valence-corrected chi connectivity index (χ1v) is 7.26. The SMILES string of the molecule is CC(C)C[C@H](NC(N)=O)C(=O)O.CC1(C)C(C(=O)O)C1(C)C. The number of amides is 2. The van der Waals surface area contributed by atoms with Crippen LogP contribution in [0.3, 0.4) is 0 Å². The number of primary amides is 1. The monoisotopic (exact) mass is 316 g/mol. The molecule has 0 saturated heterocycles. The molecule has 1 aliphatic rings. The summed E-state index contributed by atoms with van der Waals surface area (Å²) < 4.78 is 0. The average Bonchev–Trinajstić information content (AvgIpc) is 2.67. The van der Waals surface area contributed by atoms with Gasteiger partial charge < -0.3 is 21.3 Å². The molecule has 1 saturated carbocycles. The first-order chi connectivity index (χ1) is 9.75. The van der Waals surface area contributed by atoms with Crippen molar-refractivity contribution in [2.24, 2.45) is 28.4 Å². The van der Waals surface area contributed by atoms with Crippen molar-refractivity contribution in [1.82, 2.24) is 5.32 Å². The van der Waals surface area contributed by atoms with Crippen molar-refractivity contribution in [3.63, 3.8) is 0 Å². The summed E-state index contributed by atoms with van der Waals surface area (Å²) in [7, 11) is 0. The standard InChI is InChI=1S/C8H14O2.C7H14N2O3/c1-7(2)5(6(9)10)8(7,3)4;1-4(2)3-5(6(10)11)9-7(8)12/h5H,1-4H3,(H,9,10);4-5H,3H2,1-2H3,(H,10,11)(H3,8,9,12)/t;5-/m.0/s1. The van der Waals surface area contributed by atoms with Crippen LogP contribution in [0.4, 0.5) is 4.79 Å². The van der Waals surface area contributed by atoms with Crippen LogP contribution in [-0.4, -0.2) is 34.2 Å². The van der Waals surface area contributed by atoms with E-state index in [1.807, 2.05) is 41.5 Å². The maximum absolute atomic E-state index is 10.6. The van der Waals surface area contributed by atoms with E-state index in [9.17, 15) is 14.4 Å². The summed E-state index contributed by atoms with van der Waals surface area (Å²) in [6.45, 7) is 11.8. The van der Waals surface area contributed by atoms with Crippen molar-refractivity contribution < 1.29 is 24.6 Å². The number of carboxylic acids is 2. The Hall–Kier alpha value is -1.79. The zero-order valence-corrected chi connectivity index (χ0v) is 14.1. The van der Waals surface area contributed by atoms with Gasteiger partial charge in [0.1, 0.15) is 6.04 Å². The minimum Gasteiger partial charge on any atom is -0.481 e. The molecule has 0 aliphatic heterocycles. The first kappa shape index (κ1) is 20.2. The number of nitrogens with one attached hydrogen (secondary N) is 1. The number of carbonyl (C=O) groups excluding carboxylic acids is 1. The van der Waals surface area contributed by atoms with E-state index in [0.29, 0.717) is 6.42 Å². The maximum atomic E-state index is 10.6. The second-order valence-corrected chi connectivity index (χ2v) is 7.24. The fourth-order valence-corrected chi connectivity index (χ4v) is 2.68. The Morgan fingerprint density at radius 2 is 1.50 bits per heavy atom. The predicted octanol–water partition coefficient (Wildman–Crippen LogP) is 1.91. The third-order valence-corrected chi connectivity index (χ3v) is 4.59. The number of rotatable bonds is 5. The molecule has 22 heavy (non-hydrogen) atoms. The smallest absolute Gasteiger partial charge is 0.326 e. The van der Waals surface area contributed by atoms with Gasteiger partial charge in [-0.1, -0.05) is 41.5 Å². The van der Waals surface area contributed by atoms with Crippen LogP contribution in [0, 0.1) is 22.7 Å². The summed E-state index contributed by atoms with van der Waals surface area (Å²) in [4.78, 5) is 31.4. The molecule has 0 aromatic heterocycles. The molecule has 0 aromatic rings. The molecule has 5 N–H and O–H groups in total. The third-order valence-electron chi connectivity index (χ3n) is 4.59. The highest BCUT2D eigenvalue weighted by Gasteiger charge is 2.68. The van der Waals surface area contributed by atoms with Gasteiger partial charge in [0.2, 0.25) is 0 Å². The normalized spacial score (nSPS) is 19.6. The van der Waals surface area contributed by atoms with Crippen LogP contribution >= 0.6 is 0 Å². The number of urea groups is 1. The Labute approximate surface area is 131 Å². The van der Waals surface area contributed by atoms with Crippen LogP contribution in [0.2, 0.25) is 0 Å². The molecule has 0 aromatic carbocycles. The van der Waals surface area contributed by atoms with Crippen molar-refractivity contribution in [2.75, 3.05) is 0 Å². The van der Waals surface area contributed by atoms with Crippen LogP contribution in [-0.2, 0) is 9.59 Å². The van der Waals surface area contributed by atoms with Gasteiger partial charge >= 0.3 is 18.0 Å². The molecule has 2 amide bonds. The number of aliphatic carboxylic acids is 2. The quantitative estimate of drug-likeness (QED) is 0.615. The number of hydrogen-bond acceptors (Lipinski definition) is 3. The molecule has 7 nitrogen and oxygen atoms in total. The van der Waals surface area contributed by atoms with Crippen molar-refractivity contribution in [3.8, 4) is 0 Å². The van der Waals surface area contributed by atoms with E-state index < -0.39 is 24.0 Å². The lowest BCUT2D eigenvalue weighted by molar-refractivity contribution is -0.140. The van der Waals surface area contributed by atoms with Gasteiger partial charge in [-0.3, -0.25) is 4.79 Å². The summed E-state index contributed by atoms with van der Waals surface area (Å²) >= 11 is 0. The zero-order valence-electron chi connectivity index (χ0n) is 14.1. The minimum atomic E-state index is -1.05. The van der Waals surface area contributed by atoms with E-state index in [1.54, 1.807) is 0 Å². The van der Waals surface area contributed by atoms with Crippen molar-refractivity contribution in [3.05, 3.63) is 0 Å². The Morgan fingerprint density at radius 3 is 1.64 bits per heavy atom. The fourth-order valence-electron chi connectivity index (χ4n) is 2.68. The van der Waals surface area contributed by atoms with Gasteiger partial charge in [0, 0.05) is 0 Å². The lowest BCUT2D eigenvalue weighted by Crippen LogP contribution is -2.44. The Kier molecular flexibility index (Phi) is 6.41. The topological polar surface area (TPSA) is 130 Å². The third kappa shape index (κ3) is 4.89. The summed E-state index contributed by atoms with van der Waals surface area (Å²) in [5.41, 5.74) is 4.76. The number of carboxylic acid groups (broad SMARTS) is 2. The van der Waals surface area contributed by atoms with Crippen LogP contribution in [0.5, 0.6) is 0 Å². The molecular formula is C15H28N2O5. The van der Waals surface area contributed by atoms with E-state index >= 15 is 0 Å². The molecule has 1 aliphatic carbocycles. The highest BCUT2D eigenvalue weighted by molar-refractivity contribution is 5.81. The number of hydrogen-bond donors (Lipinski definition) is 4. The van der Waals surface area contributed by atoms with Gasteiger partial charge in [0.05, 0.1) is 5.92 Å². The van der Waals surface area contributed by atoms with E-state index in [0.717, 1.165) is 0 Å². The molecule has 0 heterocycles. The van der Waals surface area contributed by atoms with Crippen LogP contribution < -0.4 is 11.1 Å². The molecule has 0 bridgehead atoms. The molecule has 128 valence electrons. The Balaban J connectivity index is 0.000000406. The van der Waals surface area contributed by atoms with E-state index in [1.165, 1.54) is 0 Å². The fraction of sp³-hybridized carbons (Fsp3) is 0.800. The highest BCUT2D eigenvalue weighted by atomic mass is 16.4. The van der Waals surface area contributed by atoms with Crippen molar-refractivity contribution in [1.29, 1.82) is 0 Å². The number of carbonyl (C=O) groups is 3. The van der Waals surface area contributed by atoms with Gasteiger partial charge in [0.25, 0.3) is 0 Å². The highest BCUT2D eigenvalue weighted by Crippen LogP contribution is 2.68. The van der Waals surface area contributed by atoms with Gasteiger partial charge in [-0.15, -0.1) is 0 Å². The van der Waals surface area contributed by atoms with Crippen molar-refractivity contribution in [2.45, 2.75) is 54.0 Å². The second-order valence-electron chi connectivity index (χ2n) is 7.24. The predicted molar refractivity (Wildman–Crippen MR) is 82.3 cm³/mol. The van der Waals surface area contributed by atoms with Crippen LogP contribution in [0.1, 0.15) is 48.0 Å². The van der Waals surface area contributed by atoms with E-state index in [2.05, 4.69) is 5.32 Å². The van der Waals surface area contributed by atoms with Crippen LogP contribution in [0.15, 0.2) is 0 Å². The molecular weight excluding hydrogens is 288 g/mol. The van der Waals surface area contributed by atoms with Gasteiger partial charge in [-0.2, -0.15) is 0 Å². The summed E-state index contributed by atoms with van der Waals surface area (Å²) in [6, 6.07) is -1.68. The minimum absolute atomic E-state index is 0.0150. The van der Waals surface area contributed by atoms with Crippen LogP contribution in [0.25, 0.3) is 0 Å². The van der Waals surface area contributed by atoms with E-state index in [-0.39, 0.29) is 22.7 Å². The lowest BCUT2D eigenvalue weighted by atomic mass is 10.0. The number of nitrogens with two attached hydrogens (primary N) is 1. The Morgan fingerprint density at radius 1 is 1.09 bits per heavy atom. The molecule has 1 fully saturated rings. The summed E-state index contributed by atoms with van der Waals surface area (Å²) in [5.74, 6) is -1.66. The summed E-state index contributed by atoms with van der Waals surface area (Å²) in [6.07, 6.45) is 0.387. The second kappa shape index (κ2) is 6.98. The van der Waals surface area contributed by atoms with Gasteiger partial charge in [-0.25, -0.2) is 9.59 Å². The summed E-state index contributed by atoms with van der Waals surface area (Å²) in [5, 5.41) is 19.5. The molecule has 0 spiro atoms. The maximum Gasteiger partial charge on any atom is 0.326 e.